The molecule has 3 rings (SSSR count). The van der Waals surface area contributed by atoms with E-state index in [4.69, 9.17) is 4.42 Å². The monoisotopic (exact) mass is 420 g/mol. The predicted molar refractivity (Wildman–Crippen MR) is 108 cm³/mol. The molecule has 10 heteroatoms. The molecule has 0 spiro atoms. The van der Waals surface area contributed by atoms with Crippen LogP contribution in [0, 0.1) is 6.92 Å². The largest absolute Gasteiger partial charge is 0.441 e. The summed E-state index contributed by atoms with van der Waals surface area (Å²) in [5, 5.41) is 4.64. The van der Waals surface area contributed by atoms with E-state index in [1.54, 1.807) is 37.3 Å². The Morgan fingerprint density at radius 2 is 1.96 bits per heavy atom. The number of rotatable bonds is 7. The molecule has 0 fully saturated rings. The van der Waals surface area contributed by atoms with Gasteiger partial charge in [0, 0.05) is 14.1 Å². The Morgan fingerprint density at radius 1 is 1.21 bits per heavy atom. The summed E-state index contributed by atoms with van der Waals surface area (Å²) < 4.78 is 33.6. The highest BCUT2D eigenvalue weighted by Gasteiger charge is 2.19. The fraction of sp³-hybridized carbons (Fsp3) is 0.222. The fourth-order valence-electron chi connectivity index (χ4n) is 2.35. The Kier molecular flexibility index (Phi) is 5.82. The number of hydrogen-bond acceptors (Lipinski definition) is 6. The minimum absolute atomic E-state index is 0.182. The molecule has 2 aromatic heterocycles. The van der Waals surface area contributed by atoms with E-state index < -0.39 is 10.2 Å². The normalized spacial score (nSPS) is 11.6. The molecule has 3 aromatic rings. The highest BCUT2D eigenvalue weighted by atomic mass is 32.2. The molecule has 0 aliphatic carbocycles. The molecular formula is C18H20N4O4S2. The van der Waals surface area contributed by atoms with E-state index >= 15 is 0 Å². The second-order valence-electron chi connectivity index (χ2n) is 6.12. The molecule has 0 atom stereocenters. The summed E-state index contributed by atoms with van der Waals surface area (Å²) in [4.78, 5) is 17.2. The maximum Gasteiger partial charge on any atom is 0.301 e. The zero-order valence-corrected chi connectivity index (χ0v) is 17.2. The molecular weight excluding hydrogens is 400 g/mol. The number of carbonyl (C=O) groups is 1. The van der Waals surface area contributed by atoms with Crippen molar-refractivity contribution >= 4 is 33.1 Å². The topological polar surface area (TPSA) is 105 Å². The molecule has 0 bridgehead atoms. The minimum Gasteiger partial charge on any atom is -0.441 e. The highest BCUT2D eigenvalue weighted by Crippen LogP contribution is 2.29. The fourth-order valence-corrected chi connectivity index (χ4v) is 3.63. The third-order valence-electron chi connectivity index (χ3n) is 3.93. The van der Waals surface area contributed by atoms with E-state index in [9.17, 15) is 13.2 Å². The molecule has 0 aliphatic rings. The average molecular weight is 421 g/mol. The summed E-state index contributed by atoms with van der Waals surface area (Å²) in [5.41, 5.74) is 1.43. The maximum atomic E-state index is 12.2. The van der Waals surface area contributed by atoms with E-state index in [2.05, 4.69) is 15.0 Å². The number of nitrogens with one attached hydrogen (secondary N) is 2. The van der Waals surface area contributed by atoms with Gasteiger partial charge < -0.3 is 9.73 Å². The Balaban J connectivity index is 1.82. The summed E-state index contributed by atoms with van der Waals surface area (Å²) in [6, 6.07) is 10.4. The molecule has 1 aromatic carbocycles. The first-order chi connectivity index (χ1) is 13.3. The highest BCUT2D eigenvalue weighted by molar-refractivity contribution is 7.90. The number of nitrogens with zero attached hydrogens (tertiary/aromatic N) is 2. The quantitative estimate of drug-likeness (QED) is 0.612. The molecule has 148 valence electrons. The first-order valence-corrected chi connectivity index (χ1v) is 10.7. The lowest BCUT2D eigenvalue weighted by atomic mass is 10.2. The molecule has 0 radical (unpaired) electrons. The molecule has 0 unspecified atom stereocenters. The predicted octanol–water partition coefficient (Wildman–Crippen LogP) is 2.86. The van der Waals surface area contributed by atoms with Gasteiger partial charge in [0.15, 0.2) is 0 Å². The van der Waals surface area contributed by atoms with Crippen LogP contribution in [0.1, 0.15) is 21.1 Å². The number of anilines is 1. The van der Waals surface area contributed by atoms with Crippen LogP contribution in [0.4, 0.5) is 5.69 Å². The lowest BCUT2D eigenvalue weighted by Gasteiger charge is -2.15. The van der Waals surface area contributed by atoms with Crippen LogP contribution in [0.3, 0.4) is 0 Å². The van der Waals surface area contributed by atoms with Crippen molar-refractivity contribution in [2.45, 2.75) is 13.5 Å². The van der Waals surface area contributed by atoms with E-state index in [1.807, 2.05) is 11.4 Å². The van der Waals surface area contributed by atoms with Gasteiger partial charge in [-0.1, -0.05) is 18.2 Å². The van der Waals surface area contributed by atoms with E-state index in [-0.39, 0.29) is 18.3 Å². The summed E-state index contributed by atoms with van der Waals surface area (Å²) >= 11 is 1.36. The SMILES string of the molecule is Cc1oc(-c2ccccc2NS(=O)(=O)N(C)C)nc1CNC(=O)c1cccs1. The molecule has 0 aliphatic heterocycles. The van der Waals surface area contributed by atoms with Crippen molar-refractivity contribution in [3.05, 3.63) is 58.1 Å². The molecule has 2 N–H and O–H groups in total. The van der Waals surface area contributed by atoms with Crippen molar-refractivity contribution in [2.24, 2.45) is 0 Å². The van der Waals surface area contributed by atoms with Gasteiger partial charge in [-0.15, -0.1) is 11.3 Å². The van der Waals surface area contributed by atoms with Crippen LogP contribution in [0.2, 0.25) is 0 Å². The summed E-state index contributed by atoms with van der Waals surface area (Å²) in [5.74, 6) is 0.639. The number of amides is 1. The van der Waals surface area contributed by atoms with Crippen molar-refractivity contribution in [1.82, 2.24) is 14.6 Å². The maximum absolute atomic E-state index is 12.2. The summed E-state index contributed by atoms with van der Waals surface area (Å²) in [6.07, 6.45) is 0. The number of oxazole rings is 1. The van der Waals surface area contributed by atoms with Crippen molar-refractivity contribution < 1.29 is 17.6 Å². The third-order valence-corrected chi connectivity index (χ3v) is 6.24. The molecule has 1 amide bonds. The van der Waals surface area contributed by atoms with Gasteiger partial charge in [-0.3, -0.25) is 9.52 Å². The zero-order chi connectivity index (χ0) is 20.3. The van der Waals surface area contributed by atoms with Gasteiger partial charge in [0.2, 0.25) is 5.89 Å². The average Bonchev–Trinajstić information content (AvgIpc) is 3.30. The number of benzene rings is 1. The van der Waals surface area contributed by atoms with Crippen LogP contribution in [-0.4, -0.2) is 37.7 Å². The summed E-state index contributed by atoms with van der Waals surface area (Å²) in [6.45, 7) is 1.95. The van der Waals surface area contributed by atoms with Gasteiger partial charge >= 0.3 is 10.2 Å². The Hall–Kier alpha value is -2.69. The van der Waals surface area contributed by atoms with Gasteiger partial charge in [0.1, 0.15) is 11.5 Å². The molecule has 0 saturated carbocycles. The van der Waals surface area contributed by atoms with E-state index in [0.717, 1.165) is 4.31 Å². The van der Waals surface area contributed by atoms with Crippen LogP contribution in [0.15, 0.2) is 46.2 Å². The smallest absolute Gasteiger partial charge is 0.301 e. The zero-order valence-electron chi connectivity index (χ0n) is 15.6. The molecule has 0 saturated heterocycles. The van der Waals surface area contributed by atoms with Gasteiger partial charge in [-0.25, -0.2) is 4.98 Å². The van der Waals surface area contributed by atoms with Gasteiger partial charge in [0.25, 0.3) is 5.91 Å². The number of thiophene rings is 1. The molecule has 2 heterocycles. The second kappa shape index (κ2) is 8.13. The van der Waals surface area contributed by atoms with Crippen molar-refractivity contribution in [3.8, 4) is 11.5 Å². The van der Waals surface area contributed by atoms with E-state index in [0.29, 0.717) is 27.6 Å². The number of aryl methyl sites for hydroxylation is 1. The second-order valence-corrected chi connectivity index (χ2v) is 8.95. The Labute approximate surface area is 167 Å². The van der Waals surface area contributed by atoms with E-state index in [1.165, 1.54) is 25.4 Å². The van der Waals surface area contributed by atoms with Gasteiger partial charge in [-0.05, 0) is 30.5 Å². The minimum atomic E-state index is -3.67. The lowest BCUT2D eigenvalue weighted by Crippen LogP contribution is -2.29. The molecule has 8 nitrogen and oxygen atoms in total. The standard InChI is InChI=1S/C18H20N4O4S2/c1-12-15(11-19-17(23)16-9-6-10-27-16)20-18(26-12)13-7-4-5-8-14(13)21-28(24,25)22(2)3/h4-10,21H,11H2,1-3H3,(H,19,23). The number of hydrogen-bond donors (Lipinski definition) is 2. The first kappa shape index (κ1) is 20.1. The third kappa shape index (κ3) is 4.41. The number of carbonyl (C=O) groups excluding carboxylic acids is 1. The van der Waals surface area contributed by atoms with Gasteiger partial charge in [0.05, 0.1) is 22.7 Å². The van der Waals surface area contributed by atoms with Crippen LogP contribution >= 0.6 is 11.3 Å². The number of para-hydroxylation sites is 1. The van der Waals surface area contributed by atoms with Crippen LogP contribution < -0.4 is 10.0 Å². The Morgan fingerprint density at radius 3 is 2.64 bits per heavy atom. The van der Waals surface area contributed by atoms with Crippen LogP contribution in [-0.2, 0) is 16.8 Å². The van der Waals surface area contributed by atoms with Crippen molar-refractivity contribution in [3.63, 3.8) is 0 Å². The first-order valence-electron chi connectivity index (χ1n) is 8.35. The van der Waals surface area contributed by atoms with Crippen molar-refractivity contribution in [2.75, 3.05) is 18.8 Å². The van der Waals surface area contributed by atoms with Gasteiger partial charge in [-0.2, -0.15) is 12.7 Å². The van der Waals surface area contributed by atoms with Crippen LogP contribution in [0.5, 0.6) is 0 Å². The van der Waals surface area contributed by atoms with Crippen molar-refractivity contribution in [1.29, 1.82) is 0 Å². The summed E-state index contributed by atoms with van der Waals surface area (Å²) in [7, 11) is -0.795. The Bertz CT molecular complexity index is 1070. The van der Waals surface area contributed by atoms with Crippen LogP contribution in [0.25, 0.3) is 11.5 Å². The molecule has 28 heavy (non-hydrogen) atoms. The lowest BCUT2D eigenvalue weighted by molar-refractivity contribution is 0.0954. The number of aromatic nitrogens is 1.